The normalized spacial score (nSPS) is 17.2. The first kappa shape index (κ1) is 15.4. The van der Waals surface area contributed by atoms with Crippen LogP contribution >= 0.6 is 11.3 Å². The molecule has 1 N–H and O–H groups in total. The van der Waals surface area contributed by atoms with Gasteiger partial charge in [-0.15, -0.1) is 11.3 Å². The molecule has 1 aliphatic carbocycles. The second kappa shape index (κ2) is 6.14. The van der Waals surface area contributed by atoms with Crippen LogP contribution in [0.2, 0.25) is 0 Å². The minimum Gasteiger partial charge on any atom is -0.485 e. The Kier molecular flexibility index (Phi) is 3.64. The average molecular weight is 364 g/mol. The molecule has 5 nitrogen and oxygen atoms in total. The van der Waals surface area contributed by atoms with Crippen LogP contribution in [0.3, 0.4) is 0 Å². The number of nitrogens with one attached hydrogen (secondary N) is 1. The largest absolute Gasteiger partial charge is 0.485 e. The number of carbonyl (C=O) groups excluding carboxylic acids is 1. The van der Waals surface area contributed by atoms with E-state index < -0.39 is 6.10 Å². The fourth-order valence-electron chi connectivity index (χ4n) is 3.34. The zero-order valence-electron chi connectivity index (χ0n) is 13.9. The zero-order chi connectivity index (χ0) is 17.5. The standard InChI is InChI=1S/C20H16N2O3S/c23-19(16-11-24-14-7-3-4-8-15(14)25-16)22-20-21-18-13-6-2-1-5-12(13)9-10-17(18)26-20/h1-8,16H,9-11H2,(H,21,22,23)/t16-/m0/s1. The topological polar surface area (TPSA) is 60.5 Å². The van der Waals surface area contributed by atoms with Crippen LogP contribution in [0.1, 0.15) is 10.4 Å². The highest BCUT2D eigenvalue weighted by atomic mass is 32.1. The Morgan fingerprint density at radius 3 is 2.81 bits per heavy atom. The molecule has 0 unspecified atom stereocenters. The summed E-state index contributed by atoms with van der Waals surface area (Å²) in [4.78, 5) is 18.5. The highest BCUT2D eigenvalue weighted by Crippen LogP contribution is 2.38. The molecule has 1 aliphatic heterocycles. The Morgan fingerprint density at radius 2 is 1.88 bits per heavy atom. The average Bonchev–Trinajstić information content (AvgIpc) is 3.10. The van der Waals surface area contributed by atoms with E-state index >= 15 is 0 Å². The van der Waals surface area contributed by atoms with Gasteiger partial charge in [0.25, 0.3) is 5.91 Å². The monoisotopic (exact) mass is 364 g/mol. The van der Waals surface area contributed by atoms with Crippen LogP contribution < -0.4 is 14.8 Å². The smallest absolute Gasteiger partial charge is 0.270 e. The summed E-state index contributed by atoms with van der Waals surface area (Å²) in [6.45, 7) is 0.191. The fraction of sp³-hybridized carbons (Fsp3) is 0.200. The lowest BCUT2D eigenvalue weighted by Gasteiger charge is -2.25. The number of amides is 1. The Hall–Kier alpha value is -2.86. The first-order valence-electron chi connectivity index (χ1n) is 8.55. The van der Waals surface area contributed by atoms with E-state index in [1.807, 2.05) is 24.3 Å². The first-order chi connectivity index (χ1) is 12.8. The Balaban J connectivity index is 1.35. The first-order valence-corrected chi connectivity index (χ1v) is 9.37. The van der Waals surface area contributed by atoms with Crippen LogP contribution in [0.25, 0.3) is 11.3 Å². The number of benzene rings is 2. The molecule has 0 bridgehead atoms. The van der Waals surface area contributed by atoms with E-state index in [0.29, 0.717) is 16.6 Å². The van der Waals surface area contributed by atoms with E-state index in [2.05, 4.69) is 28.5 Å². The van der Waals surface area contributed by atoms with Crippen molar-refractivity contribution in [1.29, 1.82) is 0 Å². The van der Waals surface area contributed by atoms with Gasteiger partial charge >= 0.3 is 0 Å². The van der Waals surface area contributed by atoms with Crippen molar-refractivity contribution in [2.24, 2.45) is 0 Å². The van der Waals surface area contributed by atoms with Crippen molar-refractivity contribution in [3.63, 3.8) is 0 Å². The summed E-state index contributed by atoms with van der Waals surface area (Å²) < 4.78 is 11.4. The summed E-state index contributed by atoms with van der Waals surface area (Å²) in [5.41, 5.74) is 3.46. The minimum absolute atomic E-state index is 0.191. The Labute approximate surface area is 154 Å². The van der Waals surface area contributed by atoms with Crippen molar-refractivity contribution >= 4 is 22.4 Å². The maximum atomic E-state index is 12.6. The van der Waals surface area contributed by atoms with Gasteiger partial charge in [-0.1, -0.05) is 36.4 Å². The summed E-state index contributed by atoms with van der Waals surface area (Å²) in [7, 11) is 0. The number of fused-ring (bicyclic) bond motifs is 4. The predicted octanol–water partition coefficient (Wildman–Crippen LogP) is 3.69. The van der Waals surface area contributed by atoms with Crippen molar-refractivity contribution in [2.75, 3.05) is 11.9 Å². The Bertz CT molecular complexity index is 998. The van der Waals surface area contributed by atoms with E-state index in [1.165, 1.54) is 21.8 Å². The van der Waals surface area contributed by atoms with Gasteiger partial charge in [0.15, 0.2) is 16.6 Å². The number of aromatic nitrogens is 1. The molecule has 6 heteroatoms. The number of nitrogens with zero attached hydrogens (tertiary/aromatic N) is 1. The van der Waals surface area contributed by atoms with Crippen LogP contribution in [0, 0.1) is 0 Å². The predicted molar refractivity (Wildman–Crippen MR) is 99.9 cm³/mol. The van der Waals surface area contributed by atoms with Crippen molar-refractivity contribution in [3.05, 3.63) is 59.0 Å². The molecule has 1 aromatic heterocycles. The maximum absolute atomic E-state index is 12.6. The number of hydrogen-bond donors (Lipinski definition) is 1. The highest BCUT2D eigenvalue weighted by Gasteiger charge is 2.29. The molecule has 0 radical (unpaired) electrons. The number of anilines is 1. The van der Waals surface area contributed by atoms with E-state index in [0.717, 1.165) is 24.1 Å². The lowest BCUT2D eigenvalue weighted by molar-refractivity contribution is -0.125. The molecule has 2 aromatic carbocycles. The fourth-order valence-corrected chi connectivity index (χ4v) is 4.32. The van der Waals surface area contributed by atoms with Crippen molar-refractivity contribution in [1.82, 2.24) is 4.98 Å². The molecular formula is C20H16N2O3S. The molecule has 5 rings (SSSR count). The lowest BCUT2D eigenvalue weighted by atomic mass is 9.94. The Morgan fingerprint density at radius 1 is 1.08 bits per heavy atom. The van der Waals surface area contributed by atoms with Crippen LogP contribution in [0.5, 0.6) is 11.5 Å². The molecule has 2 heterocycles. The van der Waals surface area contributed by atoms with Crippen LogP contribution in [-0.4, -0.2) is 23.6 Å². The van der Waals surface area contributed by atoms with Gasteiger partial charge in [-0.05, 0) is 30.5 Å². The quantitative estimate of drug-likeness (QED) is 0.753. The van der Waals surface area contributed by atoms with Crippen LogP contribution in [0.15, 0.2) is 48.5 Å². The lowest BCUT2D eigenvalue weighted by Crippen LogP contribution is -2.40. The molecule has 130 valence electrons. The molecule has 0 fully saturated rings. The van der Waals surface area contributed by atoms with Gasteiger partial charge in [-0.25, -0.2) is 4.98 Å². The summed E-state index contributed by atoms with van der Waals surface area (Å²) in [6.07, 6.45) is 1.28. The molecule has 26 heavy (non-hydrogen) atoms. The van der Waals surface area contributed by atoms with E-state index in [-0.39, 0.29) is 12.5 Å². The number of thiazole rings is 1. The van der Waals surface area contributed by atoms with E-state index in [4.69, 9.17) is 9.47 Å². The number of carbonyl (C=O) groups is 1. The highest BCUT2D eigenvalue weighted by molar-refractivity contribution is 7.16. The molecule has 2 aliphatic rings. The summed E-state index contributed by atoms with van der Waals surface area (Å²) in [5.74, 6) is 1.02. The molecule has 0 saturated carbocycles. The molecule has 0 saturated heterocycles. The number of hydrogen-bond acceptors (Lipinski definition) is 5. The third-order valence-corrected chi connectivity index (χ3v) is 5.65. The van der Waals surface area contributed by atoms with Crippen molar-refractivity contribution in [2.45, 2.75) is 18.9 Å². The van der Waals surface area contributed by atoms with Crippen LogP contribution in [0.4, 0.5) is 5.13 Å². The summed E-state index contributed by atoms with van der Waals surface area (Å²) in [6, 6.07) is 15.7. The minimum atomic E-state index is -0.682. The molecule has 1 atom stereocenters. The summed E-state index contributed by atoms with van der Waals surface area (Å²) >= 11 is 1.54. The zero-order valence-corrected chi connectivity index (χ0v) is 14.7. The second-order valence-corrected chi connectivity index (χ2v) is 7.39. The second-order valence-electron chi connectivity index (χ2n) is 6.30. The maximum Gasteiger partial charge on any atom is 0.270 e. The number of ether oxygens (including phenoxy) is 2. The number of rotatable bonds is 2. The summed E-state index contributed by atoms with van der Waals surface area (Å²) in [5, 5.41) is 3.50. The van der Waals surface area contributed by atoms with Gasteiger partial charge < -0.3 is 9.47 Å². The van der Waals surface area contributed by atoms with Gasteiger partial charge in [0.05, 0.1) is 5.69 Å². The van der Waals surface area contributed by atoms with Gasteiger partial charge in [-0.3, -0.25) is 10.1 Å². The molecular weight excluding hydrogens is 348 g/mol. The van der Waals surface area contributed by atoms with Gasteiger partial charge in [-0.2, -0.15) is 0 Å². The molecule has 3 aromatic rings. The third kappa shape index (κ3) is 2.63. The van der Waals surface area contributed by atoms with Gasteiger partial charge in [0.2, 0.25) is 6.10 Å². The molecule has 1 amide bonds. The van der Waals surface area contributed by atoms with Crippen LogP contribution in [-0.2, 0) is 17.6 Å². The van der Waals surface area contributed by atoms with Crippen molar-refractivity contribution < 1.29 is 14.3 Å². The van der Waals surface area contributed by atoms with Crippen molar-refractivity contribution in [3.8, 4) is 22.8 Å². The molecule has 0 spiro atoms. The number of aryl methyl sites for hydroxylation is 2. The van der Waals surface area contributed by atoms with E-state index in [9.17, 15) is 4.79 Å². The number of para-hydroxylation sites is 2. The SMILES string of the molecule is O=C(Nc1nc2c(s1)CCc1ccccc1-2)[C@@H]1COc2ccccc2O1. The van der Waals surface area contributed by atoms with Gasteiger partial charge in [0, 0.05) is 10.4 Å². The van der Waals surface area contributed by atoms with Gasteiger partial charge in [0.1, 0.15) is 6.61 Å². The van der Waals surface area contributed by atoms with E-state index in [1.54, 1.807) is 6.07 Å². The third-order valence-electron chi connectivity index (χ3n) is 4.62.